The van der Waals surface area contributed by atoms with E-state index in [4.69, 9.17) is 23.2 Å². The number of amidine groups is 1. The van der Waals surface area contributed by atoms with Crippen molar-refractivity contribution in [1.82, 2.24) is 4.90 Å². The molecule has 2 amide bonds. The Labute approximate surface area is 165 Å². The fraction of sp³-hybridized carbons (Fsp3) is 0.167. The molecule has 1 aliphatic rings. The number of halogens is 2. The zero-order valence-electron chi connectivity index (χ0n) is 13.8. The van der Waals surface area contributed by atoms with Crippen molar-refractivity contribution in [3.63, 3.8) is 0 Å². The van der Waals surface area contributed by atoms with Crippen molar-refractivity contribution in [2.75, 3.05) is 12.4 Å². The summed E-state index contributed by atoms with van der Waals surface area (Å²) in [6.45, 7) is 0. The summed E-state index contributed by atoms with van der Waals surface area (Å²) in [5.41, 5.74) is 1.21. The van der Waals surface area contributed by atoms with Gasteiger partial charge in [0.2, 0.25) is 11.8 Å². The van der Waals surface area contributed by atoms with Crippen LogP contribution in [0.1, 0.15) is 6.42 Å². The van der Waals surface area contributed by atoms with Crippen LogP contribution in [0.3, 0.4) is 0 Å². The summed E-state index contributed by atoms with van der Waals surface area (Å²) in [7, 11) is 1.64. The number of anilines is 1. The fourth-order valence-corrected chi connectivity index (χ4v) is 3.78. The molecule has 2 aromatic rings. The molecule has 5 nitrogen and oxygen atoms in total. The Kier molecular flexibility index (Phi) is 5.86. The Morgan fingerprint density at radius 2 is 1.88 bits per heavy atom. The largest absolute Gasteiger partial charge is 0.325 e. The van der Waals surface area contributed by atoms with Gasteiger partial charge >= 0.3 is 0 Å². The number of thioether (sulfide) groups is 1. The number of hydrogen-bond acceptors (Lipinski definition) is 4. The molecule has 0 bridgehead atoms. The van der Waals surface area contributed by atoms with Gasteiger partial charge in [0.1, 0.15) is 5.25 Å². The molecule has 8 heteroatoms. The number of nitrogens with zero attached hydrogens (tertiary/aromatic N) is 2. The molecule has 2 aromatic carbocycles. The predicted octanol–water partition coefficient (Wildman–Crippen LogP) is 4.58. The highest BCUT2D eigenvalue weighted by atomic mass is 35.5. The topological polar surface area (TPSA) is 61.8 Å². The smallest absolute Gasteiger partial charge is 0.238 e. The van der Waals surface area contributed by atoms with E-state index in [0.717, 1.165) is 0 Å². The van der Waals surface area contributed by atoms with E-state index in [1.54, 1.807) is 55.6 Å². The number of carbonyl (C=O) groups excluding carboxylic acids is 2. The van der Waals surface area contributed by atoms with Crippen LogP contribution in [0, 0.1) is 0 Å². The fourth-order valence-electron chi connectivity index (χ4n) is 2.34. The zero-order chi connectivity index (χ0) is 18.7. The van der Waals surface area contributed by atoms with Crippen LogP contribution < -0.4 is 5.32 Å². The highest BCUT2D eigenvalue weighted by Gasteiger charge is 2.34. The highest BCUT2D eigenvalue weighted by molar-refractivity contribution is 8.15. The van der Waals surface area contributed by atoms with Gasteiger partial charge in [0.15, 0.2) is 5.17 Å². The molecule has 1 N–H and O–H groups in total. The van der Waals surface area contributed by atoms with Crippen LogP contribution in [0.15, 0.2) is 53.5 Å². The van der Waals surface area contributed by atoms with Gasteiger partial charge in [-0.2, -0.15) is 0 Å². The van der Waals surface area contributed by atoms with Crippen molar-refractivity contribution in [3.8, 4) is 0 Å². The molecule has 26 heavy (non-hydrogen) atoms. The van der Waals surface area contributed by atoms with E-state index in [1.807, 2.05) is 0 Å². The second-order valence-corrected chi connectivity index (χ2v) is 7.68. The van der Waals surface area contributed by atoms with Gasteiger partial charge in [-0.1, -0.05) is 47.1 Å². The Bertz CT molecular complexity index is 888. The van der Waals surface area contributed by atoms with Gasteiger partial charge < -0.3 is 5.32 Å². The van der Waals surface area contributed by atoms with E-state index < -0.39 is 5.25 Å². The van der Waals surface area contributed by atoms with Crippen molar-refractivity contribution in [1.29, 1.82) is 0 Å². The monoisotopic (exact) mass is 407 g/mol. The molecule has 0 spiro atoms. The quantitative estimate of drug-likeness (QED) is 0.809. The molecule has 1 heterocycles. The molecule has 1 saturated heterocycles. The number of aliphatic imine (C=N–C) groups is 1. The average Bonchev–Trinajstić information content (AvgIpc) is 2.59. The van der Waals surface area contributed by atoms with Crippen LogP contribution in [-0.4, -0.2) is 34.2 Å². The second-order valence-electron chi connectivity index (χ2n) is 5.64. The lowest BCUT2D eigenvalue weighted by atomic mass is 10.2. The van der Waals surface area contributed by atoms with E-state index in [2.05, 4.69) is 10.3 Å². The van der Waals surface area contributed by atoms with Crippen LogP contribution in [0.5, 0.6) is 0 Å². The Balaban J connectivity index is 1.79. The average molecular weight is 408 g/mol. The van der Waals surface area contributed by atoms with Crippen LogP contribution >= 0.6 is 35.0 Å². The lowest BCUT2D eigenvalue weighted by Crippen LogP contribution is -2.43. The summed E-state index contributed by atoms with van der Waals surface area (Å²) in [4.78, 5) is 30.8. The standard InChI is InChI=1S/C18H15Cl2N3O2S/c1-23-16(24)10-15(17(25)21-13-6-2-4-11(19)8-13)26-18(23)22-14-7-3-5-12(20)9-14/h2-9,15H,10H2,1H3,(H,21,25)/t15-/m0/s1. The summed E-state index contributed by atoms with van der Waals surface area (Å²) in [5.74, 6) is -0.437. The molecule has 0 saturated carbocycles. The first-order valence-corrected chi connectivity index (χ1v) is 9.40. The van der Waals surface area contributed by atoms with Gasteiger partial charge in [0.05, 0.1) is 5.69 Å². The van der Waals surface area contributed by atoms with E-state index in [0.29, 0.717) is 26.6 Å². The minimum Gasteiger partial charge on any atom is -0.325 e. The number of hydrogen-bond donors (Lipinski definition) is 1. The summed E-state index contributed by atoms with van der Waals surface area (Å²) in [6.07, 6.45) is 0.0993. The number of carbonyl (C=O) groups is 2. The van der Waals surface area contributed by atoms with Gasteiger partial charge in [-0.3, -0.25) is 14.5 Å². The summed E-state index contributed by atoms with van der Waals surface area (Å²) in [6, 6.07) is 13.9. The molecule has 3 rings (SSSR count). The van der Waals surface area contributed by atoms with E-state index in [9.17, 15) is 9.59 Å². The SMILES string of the molecule is CN1C(=O)C[C@@H](C(=O)Nc2cccc(Cl)c2)SC1=Nc1cccc(Cl)c1. The molecular formula is C18H15Cl2N3O2S. The third-order valence-electron chi connectivity index (χ3n) is 3.69. The van der Waals surface area contributed by atoms with Gasteiger partial charge in [-0.15, -0.1) is 0 Å². The minimum atomic E-state index is -0.574. The van der Waals surface area contributed by atoms with Gasteiger partial charge in [-0.05, 0) is 36.4 Å². The third kappa shape index (κ3) is 4.58. The predicted molar refractivity (Wildman–Crippen MR) is 107 cm³/mol. The molecule has 0 unspecified atom stereocenters. The molecule has 1 aliphatic heterocycles. The van der Waals surface area contributed by atoms with E-state index in [1.165, 1.54) is 16.7 Å². The van der Waals surface area contributed by atoms with E-state index >= 15 is 0 Å². The number of nitrogens with one attached hydrogen (secondary N) is 1. The molecule has 134 valence electrons. The Morgan fingerprint density at radius 3 is 2.58 bits per heavy atom. The van der Waals surface area contributed by atoms with Gasteiger partial charge in [0.25, 0.3) is 0 Å². The Hall–Kier alpha value is -2.02. The maximum absolute atomic E-state index is 12.6. The maximum Gasteiger partial charge on any atom is 0.238 e. The molecule has 1 fully saturated rings. The maximum atomic E-state index is 12.6. The summed E-state index contributed by atoms with van der Waals surface area (Å²) in [5, 5.41) is 3.75. The normalized spacial score (nSPS) is 18.9. The molecular weight excluding hydrogens is 393 g/mol. The first-order valence-electron chi connectivity index (χ1n) is 7.76. The van der Waals surface area contributed by atoms with Crippen molar-refractivity contribution >= 4 is 63.3 Å². The molecule has 0 aliphatic carbocycles. The number of rotatable bonds is 3. The summed E-state index contributed by atoms with van der Waals surface area (Å²) >= 11 is 13.2. The van der Waals surface area contributed by atoms with Crippen LogP contribution in [-0.2, 0) is 9.59 Å². The lowest BCUT2D eigenvalue weighted by Gasteiger charge is -2.28. The third-order valence-corrected chi connectivity index (χ3v) is 5.40. The van der Waals surface area contributed by atoms with Gasteiger partial charge in [-0.25, -0.2) is 4.99 Å². The number of benzene rings is 2. The minimum absolute atomic E-state index is 0.0993. The van der Waals surface area contributed by atoms with Crippen molar-refractivity contribution < 1.29 is 9.59 Å². The highest BCUT2D eigenvalue weighted by Crippen LogP contribution is 2.29. The molecule has 0 aromatic heterocycles. The van der Waals surface area contributed by atoms with Crippen LogP contribution in [0.2, 0.25) is 10.0 Å². The van der Waals surface area contributed by atoms with Crippen molar-refractivity contribution in [2.45, 2.75) is 11.7 Å². The second kappa shape index (κ2) is 8.12. The van der Waals surface area contributed by atoms with Crippen molar-refractivity contribution in [3.05, 3.63) is 58.6 Å². The van der Waals surface area contributed by atoms with Crippen LogP contribution in [0.25, 0.3) is 0 Å². The summed E-state index contributed by atoms with van der Waals surface area (Å²) < 4.78 is 0. The lowest BCUT2D eigenvalue weighted by molar-refractivity contribution is -0.128. The zero-order valence-corrected chi connectivity index (χ0v) is 16.1. The Morgan fingerprint density at radius 1 is 1.19 bits per heavy atom. The molecule has 0 radical (unpaired) electrons. The first-order chi connectivity index (χ1) is 12.4. The van der Waals surface area contributed by atoms with Gasteiger partial charge in [0, 0.05) is 29.2 Å². The number of amides is 2. The van der Waals surface area contributed by atoms with Crippen molar-refractivity contribution in [2.24, 2.45) is 4.99 Å². The van der Waals surface area contributed by atoms with E-state index in [-0.39, 0.29) is 18.2 Å². The first kappa shape index (κ1) is 18.8. The molecule has 1 atom stereocenters. The van der Waals surface area contributed by atoms with Crippen LogP contribution in [0.4, 0.5) is 11.4 Å².